The molecular weight excluding hydrogens is 219 g/mol. The average Bonchev–Trinajstić information content (AvgIpc) is 2.20. The second-order valence-electron chi connectivity index (χ2n) is 3.15. The Labute approximate surface area is 93.0 Å². The molecule has 0 unspecified atom stereocenters. The first kappa shape index (κ1) is 12.0. The molecule has 0 aliphatic carbocycles. The quantitative estimate of drug-likeness (QED) is 0.776. The van der Waals surface area contributed by atoms with Gasteiger partial charge in [-0.1, -0.05) is 18.5 Å². The summed E-state index contributed by atoms with van der Waals surface area (Å²) in [5.74, 6) is -0.216. The smallest absolute Gasteiger partial charge is 0.170 e. The van der Waals surface area contributed by atoms with Crippen LogP contribution in [0.5, 0.6) is 5.75 Å². The van der Waals surface area contributed by atoms with Crippen molar-refractivity contribution in [1.29, 1.82) is 0 Å². The third-order valence-corrected chi connectivity index (χ3v) is 2.13. The summed E-state index contributed by atoms with van der Waals surface area (Å²) in [6.07, 6.45) is 1.27. The Hall–Kier alpha value is -1.09. The Kier molecular flexibility index (Phi) is 4.56. The highest BCUT2D eigenvalue weighted by Gasteiger charge is 2.04. The number of carbonyl (C=O) groups excluding carboxylic acids is 1. The Morgan fingerprint density at radius 2 is 2.27 bits per heavy atom. The summed E-state index contributed by atoms with van der Waals surface area (Å²) in [5, 5.41) is 0.0437. The molecule has 0 fully saturated rings. The molecule has 0 atom stereocenters. The lowest BCUT2D eigenvalue weighted by Crippen LogP contribution is -2.10. The topological polar surface area (TPSA) is 26.3 Å². The summed E-state index contributed by atoms with van der Waals surface area (Å²) in [6.45, 7) is 1.90. The molecule has 0 spiro atoms. The predicted molar refractivity (Wildman–Crippen MR) is 56.8 cm³/mol. The zero-order valence-electron chi connectivity index (χ0n) is 8.43. The molecular formula is C11H12ClFO2. The third-order valence-electron chi connectivity index (χ3n) is 1.82. The molecule has 0 bridgehead atoms. The Balaban J connectivity index is 2.51. The molecule has 82 valence electrons. The molecule has 0 aliphatic heterocycles. The largest absolute Gasteiger partial charge is 0.486 e. The molecule has 0 aromatic heterocycles. The van der Waals surface area contributed by atoms with Crippen molar-refractivity contribution in [3.63, 3.8) is 0 Å². The number of halogens is 2. The van der Waals surface area contributed by atoms with E-state index in [0.717, 1.165) is 6.42 Å². The van der Waals surface area contributed by atoms with Crippen molar-refractivity contribution >= 4 is 17.4 Å². The predicted octanol–water partition coefficient (Wildman–Crippen LogP) is 3.23. The molecule has 0 heterocycles. The van der Waals surface area contributed by atoms with E-state index in [1.807, 2.05) is 6.92 Å². The van der Waals surface area contributed by atoms with Gasteiger partial charge in [-0.05, 0) is 18.6 Å². The SMILES string of the molecule is CCCC(=O)COc1ccc(Cl)c(F)c1. The third kappa shape index (κ3) is 3.88. The van der Waals surface area contributed by atoms with E-state index < -0.39 is 5.82 Å². The number of Topliss-reactive ketones (excluding diaryl/α,β-unsaturated/α-hetero) is 1. The fourth-order valence-corrected chi connectivity index (χ4v) is 1.20. The Bertz CT molecular complexity index is 352. The van der Waals surface area contributed by atoms with E-state index in [9.17, 15) is 9.18 Å². The first-order valence-corrected chi connectivity index (χ1v) is 5.11. The highest BCUT2D eigenvalue weighted by Crippen LogP contribution is 2.20. The normalized spacial score (nSPS) is 10.1. The standard InChI is InChI=1S/C11H12ClFO2/c1-2-3-8(14)7-15-9-4-5-10(12)11(13)6-9/h4-6H,2-3,7H2,1H3. The van der Waals surface area contributed by atoms with Crippen molar-refractivity contribution in [1.82, 2.24) is 0 Å². The molecule has 1 aromatic rings. The zero-order chi connectivity index (χ0) is 11.3. The van der Waals surface area contributed by atoms with Crippen molar-refractivity contribution in [2.24, 2.45) is 0 Å². The minimum Gasteiger partial charge on any atom is -0.486 e. The van der Waals surface area contributed by atoms with Crippen LogP contribution in [-0.2, 0) is 4.79 Å². The lowest BCUT2D eigenvalue weighted by Gasteiger charge is -2.05. The summed E-state index contributed by atoms with van der Waals surface area (Å²) in [4.78, 5) is 11.1. The summed E-state index contributed by atoms with van der Waals surface area (Å²) in [6, 6.07) is 4.10. The highest BCUT2D eigenvalue weighted by atomic mass is 35.5. The molecule has 15 heavy (non-hydrogen) atoms. The number of carbonyl (C=O) groups is 1. The van der Waals surface area contributed by atoms with Crippen molar-refractivity contribution in [3.05, 3.63) is 29.0 Å². The van der Waals surface area contributed by atoms with Gasteiger partial charge in [0.25, 0.3) is 0 Å². The lowest BCUT2D eigenvalue weighted by molar-refractivity contribution is -0.121. The van der Waals surface area contributed by atoms with Crippen molar-refractivity contribution in [2.45, 2.75) is 19.8 Å². The fraction of sp³-hybridized carbons (Fsp3) is 0.364. The first-order valence-electron chi connectivity index (χ1n) is 4.73. The Morgan fingerprint density at radius 3 is 2.87 bits per heavy atom. The van der Waals surface area contributed by atoms with Crippen LogP contribution in [0.1, 0.15) is 19.8 Å². The van der Waals surface area contributed by atoms with Gasteiger partial charge in [-0.3, -0.25) is 4.79 Å². The van der Waals surface area contributed by atoms with Crippen LogP contribution in [0.3, 0.4) is 0 Å². The number of hydrogen-bond acceptors (Lipinski definition) is 2. The van der Waals surface area contributed by atoms with Crippen molar-refractivity contribution in [3.8, 4) is 5.75 Å². The van der Waals surface area contributed by atoms with Gasteiger partial charge in [-0.25, -0.2) is 4.39 Å². The van der Waals surface area contributed by atoms with Gasteiger partial charge in [0, 0.05) is 12.5 Å². The van der Waals surface area contributed by atoms with Crippen LogP contribution in [0.15, 0.2) is 18.2 Å². The fourth-order valence-electron chi connectivity index (χ4n) is 1.08. The summed E-state index contributed by atoms with van der Waals surface area (Å²) in [5.41, 5.74) is 0. The van der Waals surface area contributed by atoms with E-state index in [4.69, 9.17) is 16.3 Å². The van der Waals surface area contributed by atoms with Gasteiger partial charge in [-0.2, -0.15) is 0 Å². The number of benzene rings is 1. The maximum absolute atomic E-state index is 13.0. The minimum absolute atomic E-state index is 0.00728. The van der Waals surface area contributed by atoms with Crippen LogP contribution >= 0.6 is 11.6 Å². The van der Waals surface area contributed by atoms with Crippen LogP contribution in [0.4, 0.5) is 4.39 Å². The van der Waals surface area contributed by atoms with Crippen LogP contribution in [-0.4, -0.2) is 12.4 Å². The number of hydrogen-bond donors (Lipinski definition) is 0. The lowest BCUT2D eigenvalue weighted by atomic mass is 10.2. The van der Waals surface area contributed by atoms with Gasteiger partial charge in [-0.15, -0.1) is 0 Å². The van der Waals surface area contributed by atoms with E-state index in [0.29, 0.717) is 12.2 Å². The molecule has 0 saturated carbocycles. The molecule has 1 aromatic carbocycles. The first-order chi connectivity index (χ1) is 7.13. The molecule has 0 saturated heterocycles. The maximum Gasteiger partial charge on any atom is 0.170 e. The van der Waals surface area contributed by atoms with Gasteiger partial charge in [0.15, 0.2) is 5.78 Å². The van der Waals surface area contributed by atoms with Gasteiger partial charge >= 0.3 is 0 Å². The van der Waals surface area contributed by atoms with Crippen molar-refractivity contribution in [2.75, 3.05) is 6.61 Å². The van der Waals surface area contributed by atoms with Crippen LogP contribution < -0.4 is 4.74 Å². The van der Waals surface area contributed by atoms with Crippen LogP contribution in [0, 0.1) is 5.82 Å². The van der Waals surface area contributed by atoms with Crippen LogP contribution in [0.25, 0.3) is 0 Å². The molecule has 1 rings (SSSR count). The van der Waals surface area contributed by atoms with E-state index in [1.165, 1.54) is 18.2 Å². The highest BCUT2D eigenvalue weighted by molar-refractivity contribution is 6.30. The second kappa shape index (κ2) is 5.71. The van der Waals surface area contributed by atoms with E-state index in [2.05, 4.69) is 0 Å². The summed E-state index contributed by atoms with van der Waals surface area (Å²) < 4.78 is 18.1. The monoisotopic (exact) mass is 230 g/mol. The van der Waals surface area contributed by atoms with Crippen molar-refractivity contribution < 1.29 is 13.9 Å². The molecule has 4 heteroatoms. The van der Waals surface area contributed by atoms with Crippen LogP contribution in [0.2, 0.25) is 5.02 Å². The molecule has 0 aliphatic rings. The molecule has 0 amide bonds. The number of rotatable bonds is 5. The van der Waals surface area contributed by atoms with Gasteiger partial charge < -0.3 is 4.74 Å². The van der Waals surface area contributed by atoms with E-state index >= 15 is 0 Å². The average molecular weight is 231 g/mol. The van der Waals surface area contributed by atoms with E-state index in [-0.39, 0.29) is 17.4 Å². The molecule has 2 nitrogen and oxygen atoms in total. The summed E-state index contributed by atoms with van der Waals surface area (Å²) >= 11 is 5.50. The van der Waals surface area contributed by atoms with Gasteiger partial charge in [0.05, 0.1) is 5.02 Å². The van der Waals surface area contributed by atoms with E-state index in [1.54, 1.807) is 0 Å². The zero-order valence-corrected chi connectivity index (χ0v) is 9.18. The number of ether oxygens (including phenoxy) is 1. The minimum atomic E-state index is -0.544. The summed E-state index contributed by atoms with van der Waals surface area (Å²) in [7, 11) is 0. The molecule has 0 radical (unpaired) electrons. The second-order valence-corrected chi connectivity index (χ2v) is 3.56. The molecule has 0 N–H and O–H groups in total. The Morgan fingerprint density at radius 1 is 1.53 bits per heavy atom. The van der Waals surface area contributed by atoms with Gasteiger partial charge in [0.2, 0.25) is 0 Å². The number of ketones is 1. The van der Waals surface area contributed by atoms with Gasteiger partial charge in [0.1, 0.15) is 18.2 Å². The maximum atomic E-state index is 13.0.